The lowest BCUT2D eigenvalue weighted by atomic mass is 10.0. The lowest BCUT2D eigenvalue weighted by Gasteiger charge is -2.20. The molecule has 1 saturated carbocycles. The molecule has 1 aliphatic carbocycles. The molecule has 0 aliphatic heterocycles. The summed E-state index contributed by atoms with van der Waals surface area (Å²) in [4.78, 5) is 11.9. The van der Waals surface area contributed by atoms with Gasteiger partial charge in [-0.05, 0) is 25.0 Å². The fraction of sp³-hybridized carbons (Fsp3) is 0.533. The first-order valence-corrected chi connectivity index (χ1v) is 7.88. The van der Waals surface area contributed by atoms with Gasteiger partial charge in [0.05, 0.1) is 12.9 Å². The second kappa shape index (κ2) is 7.43. The Labute approximate surface area is 119 Å². The van der Waals surface area contributed by atoms with Crippen molar-refractivity contribution in [2.45, 2.75) is 37.4 Å². The fourth-order valence-electron chi connectivity index (χ4n) is 2.32. The molecule has 1 fully saturated rings. The van der Waals surface area contributed by atoms with Gasteiger partial charge in [-0.1, -0.05) is 25.3 Å². The minimum absolute atomic E-state index is 0.0730. The summed E-state index contributed by atoms with van der Waals surface area (Å²) >= 11 is 1.79. The topological polar surface area (TPSA) is 38.3 Å². The quantitative estimate of drug-likeness (QED) is 0.893. The fourth-order valence-corrected chi connectivity index (χ4v) is 3.45. The third-order valence-corrected chi connectivity index (χ3v) is 4.73. The van der Waals surface area contributed by atoms with Crippen molar-refractivity contribution >= 4 is 23.4 Å². The molecular weight excluding hydrogens is 258 g/mol. The highest BCUT2D eigenvalue weighted by Gasteiger charge is 2.15. The molecular formula is C15H21NO2S. The van der Waals surface area contributed by atoms with Gasteiger partial charge in [0.15, 0.2) is 0 Å². The number of hydrogen-bond donors (Lipinski definition) is 1. The summed E-state index contributed by atoms with van der Waals surface area (Å²) in [5.74, 6) is 1.38. The minimum Gasteiger partial charge on any atom is -0.497 e. The van der Waals surface area contributed by atoms with E-state index in [0.717, 1.165) is 11.4 Å². The molecule has 0 saturated heterocycles. The number of thioether (sulfide) groups is 1. The summed E-state index contributed by atoms with van der Waals surface area (Å²) in [5, 5.41) is 3.59. The second-order valence-electron chi connectivity index (χ2n) is 4.85. The van der Waals surface area contributed by atoms with Crippen LogP contribution in [0.5, 0.6) is 5.75 Å². The van der Waals surface area contributed by atoms with E-state index in [1.54, 1.807) is 18.9 Å². The third-order valence-electron chi connectivity index (χ3n) is 3.36. The average Bonchev–Trinajstić information content (AvgIpc) is 2.46. The van der Waals surface area contributed by atoms with E-state index in [-0.39, 0.29) is 5.91 Å². The lowest BCUT2D eigenvalue weighted by Crippen LogP contribution is -2.17. The first-order chi connectivity index (χ1) is 9.28. The Bertz CT molecular complexity index is 416. The van der Waals surface area contributed by atoms with Gasteiger partial charge >= 0.3 is 0 Å². The number of methoxy groups -OCH3 is 1. The van der Waals surface area contributed by atoms with Gasteiger partial charge in [-0.3, -0.25) is 4.79 Å². The third kappa shape index (κ3) is 4.78. The van der Waals surface area contributed by atoms with Crippen LogP contribution in [0.25, 0.3) is 0 Å². The Morgan fingerprint density at radius 2 is 2.16 bits per heavy atom. The smallest absolute Gasteiger partial charge is 0.234 e. The van der Waals surface area contributed by atoms with Crippen LogP contribution in [0.4, 0.5) is 5.69 Å². The highest BCUT2D eigenvalue weighted by atomic mass is 32.2. The van der Waals surface area contributed by atoms with Crippen LogP contribution in [0.15, 0.2) is 24.3 Å². The maximum absolute atomic E-state index is 11.9. The van der Waals surface area contributed by atoms with Crippen LogP contribution in [0.3, 0.4) is 0 Å². The number of nitrogens with one attached hydrogen (secondary N) is 1. The molecule has 1 N–H and O–H groups in total. The van der Waals surface area contributed by atoms with Crippen LogP contribution in [-0.2, 0) is 4.79 Å². The molecule has 0 atom stereocenters. The number of hydrogen-bond acceptors (Lipinski definition) is 3. The molecule has 0 unspecified atom stereocenters. The van der Waals surface area contributed by atoms with Gasteiger partial charge in [-0.15, -0.1) is 11.8 Å². The van der Waals surface area contributed by atoms with Crippen LogP contribution in [0.2, 0.25) is 0 Å². The van der Waals surface area contributed by atoms with Gasteiger partial charge < -0.3 is 10.1 Å². The number of anilines is 1. The predicted octanol–water partition coefficient (Wildman–Crippen LogP) is 3.70. The van der Waals surface area contributed by atoms with Crippen LogP contribution >= 0.6 is 11.8 Å². The Morgan fingerprint density at radius 3 is 2.89 bits per heavy atom. The average molecular weight is 279 g/mol. The molecule has 104 valence electrons. The standard InChI is InChI=1S/C15H21NO2S/c1-18-13-7-5-6-12(10-13)16-15(17)11-19-14-8-3-2-4-9-14/h5-7,10,14H,2-4,8-9,11H2,1H3,(H,16,17). The second-order valence-corrected chi connectivity index (χ2v) is 6.14. The Hall–Kier alpha value is -1.16. The molecule has 1 amide bonds. The van der Waals surface area contributed by atoms with E-state index in [0.29, 0.717) is 11.0 Å². The van der Waals surface area contributed by atoms with Crippen LogP contribution in [-0.4, -0.2) is 24.0 Å². The van der Waals surface area contributed by atoms with E-state index in [4.69, 9.17) is 4.74 Å². The largest absolute Gasteiger partial charge is 0.497 e. The number of carbonyl (C=O) groups excluding carboxylic acids is 1. The molecule has 1 aromatic carbocycles. The van der Waals surface area contributed by atoms with E-state index in [1.165, 1.54) is 32.1 Å². The molecule has 0 spiro atoms. The van der Waals surface area contributed by atoms with Gasteiger partial charge in [-0.25, -0.2) is 0 Å². The maximum Gasteiger partial charge on any atom is 0.234 e. The first kappa shape index (κ1) is 14.3. The molecule has 19 heavy (non-hydrogen) atoms. The van der Waals surface area contributed by atoms with Crippen LogP contribution in [0, 0.1) is 0 Å². The summed E-state index contributed by atoms with van der Waals surface area (Å²) in [6.45, 7) is 0. The van der Waals surface area contributed by atoms with E-state index in [1.807, 2.05) is 24.3 Å². The highest BCUT2D eigenvalue weighted by molar-refractivity contribution is 8.00. The van der Waals surface area contributed by atoms with E-state index >= 15 is 0 Å². The molecule has 4 heteroatoms. The van der Waals surface area contributed by atoms with Gasteiger partial charge in [0, 0.05) is 17.0 Å². The Morgan fingerprint density at radius 1 is 1.37 bits per heavy atom. The van der Waals surface area contributed by atoms with Gasteiger partial charge in [-0.2, -0.15) is 0 Å². The summed E-state index contributed by atoms with van der Waals surface area (Å²) in [6.07, 6.45) is 6.51. The Balaban J connectivity index is 1.76. The molecule has 0 bridgehead atoms. The molecule has 1 aromatic rings. The van der Waals surface area contributed by atoms with Gasteiger partial charge in [0.1, 0.15) is 5.75 Å². The van der Waals surface area contributed by atoms with Gasteiger partial charge in [0.2, 0.25) is 5.91 Å². The van der Waals surface area contributed by atoms with Crippen molar-refractivity contribution in [1.82, 2.24) is 0 Å². The minimum atomic E-state index is 0.0730. The van der Waals surface area contributed by atoms with E-state index < -0.39 is 0 Å². The predicted molar refractivity (Wildman–Crippen MR) is 81.0 cm³/mol. The monoisotopic (exact) mass is 279 g/mol. The first-order valence-electron chi connectivity index (χ1n) is 6.83. The molecule has 0 heterocycles. The summed E-state index contributed by atoms with van der Waals surface area (Å²) in [7, 11) is 1.62. The highest BCUT2D eigenvalue weighted by Crippen LogP contribution is 2.28. The lowest BCUT2D eigenvalue weighted by molar-refractivity contribution is -0.113. The Kier molecular flexibility index (Phi) is 5.58. The molecule has 1 aliphatic rings. The van der Waals surface area contributed by atoms with Gasteiger partial charge in [0.25, 0.3) is 0 Å². The molecule has 0 aromatic heterocycles. The summed E-state index contributed by atoms with van der Waals surface area (Å²) in [6, 6.07) is 7.46. The number of carbonyl (C=O) groups is 1. The summed E-state index contributed by atoms with van der Waals surface area (Å²) in [5.41, 5.74) is 0.800. The van der Waals surface area contributed by atoms with E-state index in [2.05, 4.69) is 5.32 Å². The SMILES string of the molecule is COc1cccc(NC(=O)CSC2CCCCC2)c1. The summed E-state index contributed by atoms with van der Waals surface area (Å²) < 4.78 is 5.14. The molecule has 2 rings (SSSR count). The van der Waals surface area contributed by atoms with Crippen molar-refractivity contribution in [3.63, 3.8) is 0 Å². The van der Waals surface area contributed by atoms with Crippen molar-refractivity contribution < 1.29 is 9.53 Å². The van der Waals surface area contributed by atoms with Crippen molar-refractivity contribution in [3.8, 4) is 5.75 Å². The maximum atomic E-state index is 11.9. The zero-order valence-corrected chi connectivity index (χ0v) is 12.2. The van der Waals surface area contributed by atoms with Crippen LogP contribution < -0.4 is 10.1 Å². The zero-order valence-electron chi connectivity index (χ0n) is 11.4. The van der Waals surface area contributed by atoms with Crippen molar-refractivity contribution in [2.75, 3.05) is 18.2 Å². The van der Waals surface area contributed by atoms with Crippen LogP contribution in [0.1, 0.15) is 32.1 Å². The normalized spacial score (nSPS) is 16.1. The number of benzene rings is 1. The van der Waals surface area contributed by atoms with E-state index in [9.17, 15) is 4.79 Å². The zero-order chi connectivity index (χ0) is 13.5. The van der Waals surface area contributed by atoms with Crippen molar-refractivity contribution in [3.05, 3.63) is 24.3 Å². The number of amides is 1. The number of rotatable bonds is 5. The van der Waals surface area contributed by atoms with Crippen molar-refractivity contribution in [2.24, 2.45) is 0 Å². The molecule has 0 radical (unpaired) electrons. The number of ether oxygens (including phenoxy) is 1. The van der Waals surface area contributed by atoms with Crippen molar-refractivity contribution in [1.29, 1.82) is 0 Å². The molecule has 3 nitrogen and oxygen atoms in total.